The lowest BCUT2D eigenvalue weighted by atomic mass is 10.4. The number of anilines is 2. The smallest absolute Gasteiger partial charge is 0.239 e. The van der Waals surface area contributed by atoms with E-state index >= 15 is 0 Å². The second kappa shape index (κ2) is 5.81. The van der Waals surface area contributed by atoms with Crippen molar-refractivity contribution in [3.05, 3.63) is 5.28 Å². The highest BCUT2D eigenvalue weighted by molar-refractivity contribution is 6.28. The fourth-order valence-electron chi connectivity index (χ4n) is 1.72. The molecule has 2 N–H and O–H groups in total. The van der Waals surface area contributed by atoms with Gasteiger partial charge in [0, 0.05) is 20.1 Å². The molecule has 0 aliphatic carbocycles. The zero-order valence-electron chi connectivity index (χ0n) is 10.1. The van der Waals surface area contributed by atoms with Gasteiger partial charge in [0.2, 0.25) is 23.1 Å². The molecule has 0 spiro atoms. The Morgan fingerprint density at radius 2 is 2.06 bits per heavy atom. The van der Waals surface area contributed by atoms with E-state index in [9.17, 15) is 4.79 Å². The summed E-state index contributed by atoms with van der Waals surface area (Å²) < 4.78 is 0. The molecule has 1 saturated heterocycles. The molecule has 0 aromatic carbocycles. The molecular weight excluding hydrogens is 256 g/mol. The third-order valence-corrected chi connectivity index (χ3v) is 2.84. The van der Waals surface area contributed by atoms with E-state index in [0.29, 0.717) is 11.9 Å². The molecule has 0 saturated carbocycles. The van der Waals surface area contributed by atoms with Gasteiger partial charge in [-0.05, 0) is 24.4 Å². The first-order chi connectivity index (χ1) is 8.69. The van der Waals surface area contributed by atoms with Gasteiger partial charge < -0.3 is 15.5 Å². The van der Waals surface area contributed by atoms with E-state index in [1.165, 1.54) is 0 Å². The van der Waals surface area contributed by atoms with Crippen LogP contribution in [0.5, 0.6) is 0 Å². The van der Waals surface area contributed by atoms with Crippen LogP contribution in [-0.2, 0) is 4.79 Å². The monoisotopic (exact) mass is 270 g/mol. The van der Waals surface area contributed by atoms with Gasteiger partial charge in [0.05, 0.1) is 6.54 Å². The second-order valence-electron chi connectivity index (χ2n) is 3.95. The van der Waals surface area contributed by atoms with Gasteiger partial charge in [-0.25, -0.2) is 0 Å². The summed E-state index contributed by atoms with van der Waals surface area (Å²) in [6, 6.07) is 0. The number of nitrogens with one attached hydrogen (secondary N) is 2. The van der Waals surface area contributed by atoms with Gasteiger partial charge in [-0.1, -0.05) is 0 Å². The van der Waals surface area contributed by atoms with Crippen LogP contribution in [0.1, 0.15) is 12.8 Å². The van der Waals surface area contributed by atoms with Crippen LogP contribution in [-0.4, -0.2) is 47.5 Å². The van der Waals surface area contributed by atoms with Gasteiger partial charge in [0.25, 0.3) is 0 Å². The molecule has 0 unspecified atom stereocenters. The summed E-state index contributed by atoms with van der Waals surface area (Å²) >= 11 is 5.85. The molecule has 0 radical (unpaired) electrons. The van der Waals surface area contributed by atoms with Gasteiger partial charge >= 0.3 is 0 Å². The van der Waals surface area contributed by atoms with E-state index in [-0.39, 0.29) is 17.7 Å². The molecule has 1 aliphatic rings. The number of rotatable bonds is 4. The minimum Gasteiger partial charge on any atom is -0.358 e. The fraction of sp³-hybridized carbons (Fsp3) is 0.600. The van der Waals surface area contributed by atoms with Crippen LogP contribution in [0.3, 0.4) is 0 Å². The number of hydrogen-bond donors (Lipinski definition) is 2. The molecule has 1 aromatic heterocycles. The summed E-state index contributed by atoms with van der Waals surface area (Å²) in [6.07, 6.45) is 2.26. The molecule has 8 heteroatoms. The van der Waals surface area contributed by atoms with Crippen molar-refractivity contribution in [2.45, 2.75) is 12.8 Å². The minimum atomic E-state index is -0.144. The zero-order valence-corrected chi connectivity index (χ0v) is 10.9. The van der Waals surface area contributed by atoms with E-state index in [2.05, 4.69) is 30.5 Å². The number of amides is 1. The van der Waals surface area contributed by atoms with Crippen molar-refractivity contribution in [3.63, 3.8) is 0 Å². The second-order valence-corrected chi connectivity index (χ2v) is 4.29. The van der Waals surface area contributed by atoms with Crippen LogP contribution in [0.15, 0.2) is 0 Å². The van der Waals surface area contributed by atoms with Crippen LogP contribution in [0.25, 0.3) is 0 Å². The summed E-state index contributed by atoms with van der Waals surface area (Å²) in [7, 11) is 1.57. The number of hydrogen-bond acceptors (Lipinski definition) is 6. The Labute approximate surface area is 110 Å². The van der Waals surface area contributed by atoms with Crippen molar-refractivity contribution < 1.29 is 4.79 Å². The molecule has 1 aliphatic heterocycles. The van der Waals surface area contributed by atoms with Crippen molar-refractivity contribution in [3.8, 4) is 0 Å². The van der Waals surface area contributed by atoms with Crippen LogP contribution in [0.4, 0.5) is 11.9 Å². The van der Waals surface area contributed by atoms with Crippen molar-refractivity contribution in [2.75, 3.05) is 36.9 Å². The Morgan fingerprint density at radius 3 is 2.72 bits per heavy atom. The van der Waals surface area contributed by atoms with Gasteiger partial charge in [-0.15, -0.1) is 0 Å². The molecular formula is C10H15ClN6O. The van der Waals surface area contributed by atoms with E-state index < -0.39 is 0 Å². The van der Waals surface area contributed by atoms with Gasteiger partial charge in [-0.3, -0.25) is 4.79 Å². The lowest BCUT2D eigenvalue weighted by Gasteiger charge is -2.15. The quantitative estimate of drug-likeness (QED) is 0.818. The van der Waals surface area contributed by atoms with E-state index in [1.54, 1.807) is 7.05 Å². The van der Waals surface area contributed by atoms with Crippen LogP contribution >= 0.6 is 11.6 Å². The third-order valence-electron chi connectivity index (χ3n) is 2.67. The highest BCUT2D eigenvalue weighted by Gasteiger charge is 2.17. The van der Waals surface area contributed by atoms with Crippen molar-refractivity contribution >= 4 is 29.4 Å². The number of nitrogens with zero attached hydrogens (tertiary/aromatic N) is 4. The average molecular weight is 271 g/mol. The summed E-state index contributed by atoms with van der Waals surface area (Å²) in [5.74, 6) is 0.738. The minimum absolute atomic E-state index is 0.107. The van der Waals surface area contributed by atoms with Crippen molar-refractivity contribution in [1.29, 1.82) is 0 Å². The highest BCUT2D eigenvalue weighted by atomic mass is 35.5. The number of carbonyl (C=O) groups is 1. The zero-order chi connectivity index (χ0) is 13.0. The topological polar surface area (TPSA) is 83.0 Å². The van der Waals surface area contributed by atoms with Gasteiger partial charge in [0.15, 0.2) is 0 Å². The Hall–Kier alpha value is -1.63. The number of halogens is 1. The normalized spacial score (nSPS) is 14.7. The Bertz CT molecular complexity index is 434. The van der Waals surface area contributed by atoms with Gasteiger partial charge in [-0.2, -0.15) is 15.0 Å². The largest absolute Gasteiger partial charge is 0.358 e. The third kappa shape index (κ3) is 3.19. The Kier molecular flexibility index (Phi) is 4.14. The van der Waals surface area contributed by atoms with Crippen LogP contribution in [0.2, 0.25) is 5.28 Å². The maximum atomic E-state index is 11.1. The first-order valence-corrected chi connectivity index (χ1v) is 6.18. The summed E-state index contributed by atoms with van der Waals surface area (Å²) in [5, 5.41) is 5.45. The first-order valence-electron chi connectivity index (χ1n) is 5.80. The molecule has 1 amide bonds. The molecule has 2 heterocycles. The molecule has 98 valence electrons. The molecule has 2 rings (SSSR count). The van der Waals surface area contributed by atoms with Gasteiger partial charge in [0.1, 0.15) is 0 Å². The van der Waals surface area contributed by atoms with Crippen LogP contribution in [0, 0.1) is 0 Å². The van der Waals surface area contributed by atoms with Crippen LogP contribution < -0.4 is 15.5 Å². The molecule has 1 fully saturated rings. The van der Waals surface area contributed by atoms with E-state index in [4.69, 9.17) is 11.6 Å². The maximum Gasteiger partial charge on any atom is 0.239 e. The van der Waals surface area contributed by atoms with E-state index in [0.717, 1.165) is 25.9 Å². The molecule has 0 bridgehead atoms. The van der Waals surface area contributed by atoms with Crippen molar-refractivity contribution in [1.82, 2.24) is 20.3 Å². The predicted molar refractivity (Wildman–Crippen MR) is 68.8 cm³/mol. The summed E-state index contributed by atoms with van der Waals surface area (Å²) in [5.41, 5.74) is 0. The highest BCUT2D eigenvalue weighted by Crippen LogP contribution is 2.18. The lowest BCUT2D eigenvalue weighted by Crippen LogP contribution is -2.27. The standard InChI is InChI=1S/C10H15ClN6O/c1-12-7(18)6-13-9-14-8(11)15-10(16-9)17-4-2-3-5-17/h2-6H2,1H3,(H,12,18)(H,13,14,15,16). The molecule has 0 atom stereocenters. The molecule has 1 aromatic rings. The first kappa shape index (κ1) is 12.8. The van der Waals surface area contributed by atoms with E-state index in [1.807, 2.05) is 0 Å². The SMILES string of the molecule is CNC(=O)CNc1nc(Cl)nc(N2CCCC2)n1. The maximum absolute atomic E-state index is 11.1. The molecule has 18 heavy (non-hydrogen) atoms. The lowest BCUT2D eigenvalue weighted by molar-refractivity contribution is -0.118. The number of aromatic nitrogens is 3. The average Bonchev–Trinajstić information content (AvgIpc) is 2.89. The molecule has 7 nitrogen and oxygen atoms in total. The number of carbonyl (C=O) groups excluding carboxylic acids is 1. The predicted octanol–water partition coefficient (Wildman–Crippen LogP) is 0.283. The number of likely N-dealkylation sites (N-methyl/N-ethyl adjacent to an activating group) is 1. The van der Waals surface area contributed by atoms with Crippen molar-refractivity contribution in [2.24, 2.45) is 0 Å². The fourth-order valence-corrected chi connectivity index (χ4v) is 1.88. The summed E-state index contributed by atoms with van der Waals surface area (Å²) in [6.45, 7) is 1.96. The summed E-state index contributed by atoms with van der Waals surface area (Å²) in [4.78, 5) is 25.5. The Balaban J connectivity index is 2.08. The Morgan fingerprint density at radius 1 is 1.33 bits per heavy atom.